The Balaban J connectivity index is 2.08. The third-order valence-corrected chi connectivity index (χ3v) is 4.78. The standard InChI is InChI=1S/C12H15NO4S/c14-9-10-1-3-11(4-2-10)13-18(15,16)12-5-7-17-8-6-12/h1-4,9,12-13H,5-8H2. The summed E-state index contributed by atoms with van der Waals surface area (Å²) in [6.07, 6.45) is 1.75. The van der Waals surface area contributed by atoms with Gasteiger partial charge in [0.05, 0.1) is 5.25 Å². The number of ether oxygens (including phenoxy) is 1. The van der Waals surface area contributed by atoms with Crippen LogP contribution >= 0.6 is 0 Å². The first-order valence-electron chi connectivity index (χ1n) is 5.76. The van der Waals surface area contributed by atoms with Crippen LogP contribution in [0.3, 0.4) is 0 Å². The summed E-state index contributed by atoms with van der Waals surface area (Å²) in [4.78, 5) is 10.5. The number of benzene rings is 1. The van der Waals surface area contributed by atoms with Crippen molar-refractivity contribution >= 4 is 22.0 Å². The number of nitrogens with one attached hydrogen (secondary N) is 1. The van der Waals surface area contributed by atoms with Gasteiger partial charge in [-0.1, -0.05) is 0 Å². The Morgan fingerprint density at radius 3 is 2.33 bits per heavy atom. The molecule has 1 aromatic rings. The molecule has 1 heterocycles. The highest BCUT2D eigenvalue weighted by atomic mass is 32.2. The monoisotopic (exact) mass is 269 g/mol. The average Bonchev–Trinajstić information content (AvgIpc) is 2.40. The Labute approximate surface area is 106 Å². The molecule has 0 spiro atoms. The van der Waals surface area contributed by atoms with Gasteiger partial charge in [0.1, 0.15) is 6.29 Å². The molecule has 1 N–H and O–H groups in total. The van der Waals surface area contributed by atoms with Crippen LogP contribution in [0.1, 0.15) is 23.2 Å². The van der Waals surface area contributed by atoms with Crippen molar-refractivity contribution in [3.63, 3.8) is 0 Å². The van der Waals surface area contributed by atoms with Crippen LogP contribution in [-0.2, 0) is 14.8 Å². The maximum absolute atomic E-state index is 12.1. The lowest BCUT2D eigenvalue weighted by molar-refractivity contribution is 0.0984. The van der Waals surface area contributed by atoms with E-state index in [9.17, 15) is 13.2 Å². The van der Waals surface area contributed by atoms with Crippen molar-refractivity contribution in [2.24, 2.45) is 0 Å². The van der Waals surface area contributed by atoms with Gasteiger partial charge in [-0.15, -0.1) is 0 Å². The van der Waals surface area contributed by atoms with Crippen LogP contribution in [0.25, 0.3) is 0 Å². The zero-order chi connectivity index (χ0) is 13.0. The lowest BCUT2D eigenvalue weighted by atomic mass is 10.2. The summed E-state index contributed by atoms with van der Waals surface area (Å²) in [7, 11) is -3.37. The second-order valence-corrected chi connectivity index (χ2v) is 6.16. The molecule has 0 atom stereocenters. The maximum atomic E-state index is 12.1. The summed E-state index contributed by atoms with van der Waals surface area (Å²) in [5.74, 6) is 0. The lowest BCUT2D eigenvalue weighted by Gasteiger charge is -2.22. The van der Waals surface area contributed by atoms with E-state index in [0.29, 0.717) is 37.3 Å². The van der Waals surface area contributed by atoms with E-state index in [2.05, 4.69) is 4.72 Å². The first kappa shape index (κ1) is 13.0. The van der Waals surface area contributed by atoms with Gasteiger partial charge in [-0.2, -0.15) is 0 Å². The van der Waals surface area contributed by atoms with Crippen LogP contribution in [0, 0.1) is 0 Å². The van der Waals surface area contributed by atoms with E-state index in [4.69, 9.17) is 4.74 Å². The molecule has 1 aliphatic rings. The molecule has 0 bridgehead atoms. The molecular formula is C12H15NO4S. The number of anilines is 1. The Kier molecular flexibility index (Phi) is 3.98. The van der Waals surface area contributed by atoms with Crippen LogP contribution in [0.15, 0.2) is 24.3 Å². The Morgan fingerprint density at radius 1 is 1.17 bits per heavy atom. The molecule has 2 rings (SSSR count). The van der Waals surface area contributed by atoms with Crippen molar-refractivity contribution < 1.29 is 17.9 Å². The summed E-state index contributed by atoms with van der Waals surface area (Å²) in [6.45, 7) is 0.964. The van der Waals surface area contributed by atoms with Crippen molar-refractivity contribution in [3.05, 3.63) is 29.8 Å². The molecule has 0 amide bonds. The first-order chi connectivity index (χ1) is 8.62. The second-order valence-electron chi connectivity index (χ2n) is 4.20. The van der Waals surface area contributed by atoms with Crippen LogP contribution in [0.4, 0.5) is 5.69 Å². The molecule has 1 aromatic carbocycles. The van der Waals surface area contributed by atoms with Gasteiger partial charge in [-0.05, 0) is 37.1 Å². The summed E-state index contributed by atoms with van der Waals surface area (Å²) in [6, 6.07) is 6.32. The number of aldehydes is 1. The van der Waals surface area contributed by atoms with E-state index in [-0.39, 0.29) is 0 Å². The average molecular weight is 269 g/mol. The highest BCUT2D eigenvalue weighted by Crippen LogP contribution is 2.19. The smallest absolute Gasteiger partial charge is 0.235 e. The van der Waals surface area contributed by atoms with Crippen molar-refractivity contribution in [2.75, 3.05) is 17.9 Å². The topological polar surface area (TPSA) is 72.5 Å². The summed E-state index contributed by atoms with van der Waals surface area (Å²) < 4.78 is 31.8. The SMILES string of the molecule is O=Cc1ccc(NS(=O)(=O)C2CCOCC2)cc1. The number of carbonyl (C=O) groups is 1. The van der Waals surface area contributed by atoms with E-state index in [1.807, 2.05) is 0 Å². The zero-order valence-electron chi connectivity index (χ0n) is 9.83. The van der Waals surface area contributed by atoms with Crippen LogP contribution in [-0.4, -0.2) is 33.2 Å². The number of rotatable bonds is 4. The molecule has 0 aliphatic carbocycles. The van der Waals surface area contributed by atoms with Crippen molar-refractivity contribution in [1.82, 2.24) is 0 Å². The molecule has 0 unspecified atom stereocenters. The van der Waals surface area contributed by atoms with Gasteiger partial charge in [-0.3, -0.25) is 9.52 Å². The Hall–Kier alpha value is -1.40. The van der Waals surface area contributed by atoms with Gasteiger partial charge < -0.3 is 4.74 Å². The van der Waals surface area contributed by atoms with Gasteiger partial charge in [-0.25, -0.2) is 8.42 Å². The molecular weight excluding hydrogens is 254 g/mol. The van der Waals surface area contributed by atoms with Gasteiger partial charge in [0.25, 0.3) is 0 Å². The minimum absolute atomic E-state index is 0.406. The number of carbonyl (C=O) groups excluding carboxylic acids is 1. The fourth-order valence-electron chi connectivity index (χ4n) is 1.86. The molecule has 0 radical (unpaired) electrons. The molecule has 0 saturated carbocycles. The lowest BCUT2D eigenvalue weighted by Crippen LogP contribution is -2.33. The molecule has 6 heteroatoms. The Morgan fingerprint density at radius 2 is 1.78 bits per heavy atom. The molecule has 0 aromatic heterocycles. The fourth-order valence-corrected chi connectivity index (χ4v) is 3.31. The largest absolute Gasteiger partial charge is 0.381 e. The summed E-state index contributed by atoms with van der Waals surface area (Å²) in [5, 5.41) is -0.406. The number of hydrogen-bond acceptors (Lipinski definition) is 4. The fraction of sp³-hybridized carbons (Fsp3) is 0.417. The molecule has 98 valence electrons. The molecule has 1 fully saturated rings. The molecule has 1 aliphatic heterocycles. The third kappa shape index (κ3) is 3.08. The van der Waals surface area contributed by atoms with E-state index in [0.717, 1.165) is 6.29 Å². The van der Waals surface area contributed by atoms with Gasteiger partial charge >= 0.3 is 0 Å². The van der Waals surface area contributed by atoms with Crippen LogP contribution < -0.4 is 4.72 Å². The third-order valence-electron chi connectivity index (χ3n) is 2.91. The van der Waals surface area contributed by atoms with E-state index in [1.165, 1.54) is 0 Å². The predicted octanol–water partition coefficient (Wildman–Crippen LogP) is 1.42. The van der Waals surface area contributed by atoms with E-state index < -0.39 is 15.3 Å². The number of sulfonamides is 1. The normalized spacial score (nSPS) is 17.3. The van der Waals surface area contributed by atoms with E-state index >= 15 is 0 Å². The second kappa shape index (κ2) is 5.49. The number of hydrogen-bond donors (Lipinski definition) is 1. The summed E-state index contributed by atoms with van der Waals surface area (Å²) in [5.41, 5.74) is 0.996. The summed E-state index contributed by atoms with van der Waals surface area (Å²) >= 11 is 0. The van der Waals surface area contributed by atoms with Gasteiger partial charge in [0.2, 0.25) is 10.0 Å². The van der Waals surface area contributed by atoms with Crippen LogP contribution in [0.2, 0.25) is 0 Å². The minimum atomic E-state index is -3.37. The molecule has 18 heavy (non-hydrogen) atoms. The van der Waals surface area contributed by atoms with Crippen LogP contribution in [0.5, 0.6) is 0 Å². The predicted molar refractivity (Wildman–Crippen MR) is 68.2 cm³/mol. The van der Waals surface area contributed by atoms with Gasteiger partial charge in [0, 0.05) is 24.5 Å². The van der Waals surface area contributed by atoms with Crippen molar-refractivity contribution in [1.29, 1.82) is 0 Å². The quantitative estimate of drug-likeness (QED) is 0.839. The highest BCUT2D eigenvalue weighted by Gasteiger charge is 2.27. The minimum Gasteiger partial charge on any atom is -0.381 e. The molecule has 5 nitrogen and oxygen atoms in total. The highest BCUT2D eigenvalue weighted by molar-refractivity contribution is 7.93. The van der Waals surface area contributed by atoms with Crippen molar-refractivity contribution in [2.45, 2.75) is 18.1 Å². The maximum Gasteiger partial charge on any atom is 0.235 e. The molecule has 1 saturated heterocycles. The van der Waals surface area contributed by atoms with Crippen molar-refractivity contribution in [3.8, 4) is 0 Å². The van der Waals surface area contributed by atoms with E-state index in [1.54, 1.807) is 24.3 Å². The zero-order valence-corrected chi connectivity index (χ0v) is 10.7. The van der Waals surface area contributed by atoms with Gasteiger partial charge in [0.15, 0.2) is 0 Å². The first-order valence-corrected chi connectivity index (χ1v) is 7.31. The Bertz CT molecular complexity index is 503.